The van der Waals surface area contributed by atoms with Crippen LogP contribution in [-0.4, -0.2) is 58.6 Å². The van der Waals surface area contributed by atoms with Crippen LogP contribution in [0.3, 0.4) is 0 Å². The Bertz CT molecular complexity index is 1150. The molecule has 1 unspecified atom stereocenters. The first-order valence-corrected chi connectivity index (χ1v) is 9.11. The molecule has 2 aromatic rings. The van der Waals surface area contributed by atoms with Crippen LogP contribution in [0.2, 0.25) is 0 Å². The number of amidine groups is 1. The summed E-state index contributed by atoms with van der Waals surface area (Å²) in [5.41, 5.74) is 2.05. The van der Waals surface area contributed by atoms with E-state index in [1.54, 1.807) is 35.0 Å². The smallest absolute Gasteiger partial charge is 0.415 e. The van der Waals surface area contributed by atoms with Gasteiger partial charge in [-0.1, -0.05) is 54.3 Å². The highest BCUT2D eigenvalue weighted by molar-refractivity contribution is 6.27. The third kappa shape index (κ3) is 2.30. The van der Waals surface area contributed by atoms with Crippen molar-refractivity contribution in [1.82, 2.24) is 19.4 Å². The van der Waals surface area contributed by atoms with E-state index in [0.29, 0.717) is 17.5 Å². The van der Waals surface area contributed by atoms with Crippen molar-refractivity contribution in [3.05, 3.63) is 66.4 Å². The van der Waals surface area contributed by atoms with E-state index in [1.165, 1.54) is 18.0 Å². The van der Waals surface area contributed by atoms with Crippen LogP contribution >= 0.6 is 0 Å². The van der Waals surface area contributed by atoms with Crippen LogP contribution in [0, 0.1) is 0 Å². The predicted octanol–water partition coefficient (Wildman–Crippen LogP) is 0.608. The largest absolute Gasteiger partial charge is 0.870 e. The van der Waals surface area contributed by atoms with Gasteiger partial charge in [-0.05, 0) is 6.07 Å². The number of carbonyl (C=O) groups is 2. The normalized spacial score (nSPS) is 20.5. The molecule has 0 saturated carbocycles. The Labute approximate surface area is 166 Å². The Morgan fingerprint density at radius 1 is 0.931 bits per heavy atom. The second-order valence-corrected chi connectivity index (χ2v) is 7.00. The highest BCUT2D eigenvalue weighted by Gasteiger charge is 2.58. The first-order valence-electron chi connectivity index (χ1n) is 9.11. The number of hydrogen-bond donors (Lipinski definition) is 0. The van der Waals surface area contributed by atoms with Crippen molar-refractivity contribution < 1.29 is 14.7 Å². The number of rotatable bonds is 2. The molecule has 144 valence electrons. The minimum atomic E-state index is -0.750. The molecule has 5 rings (SSSR count). The topological polar surface area (TPSA) is 84.3 Å². The number of likely N-dealkylation sites (N-methyl/N-ethyl adjacent to an activating group) is 2. The molecule has 8 heteroatoms. The highest BCUT2D eigenvalue weighted by atomic mass is 16.3. The number of carbonyl (C=O) groups excluding carboxylic acids is 2. The third-order valence-corrected chi connectivity index (χ3v) is 5.33. The van der Waals surface area contributed by atoms with Crippen molar-refractivity contribution in [1.29, 1.82) is 0 Å². The molecule has 0 spiro atoms. The second kappa shape index (κ2) is 5.98. The van der Waals surface area contributed by atoms with E-state index >= 15 is 0 Å². The monoisotopic (exact) mass is 387 g/mol. The summed E-state index contributed by atoms with van der Waals surface area (Å²) in [5, 5.41) is 12.6. The van der Waals surface area contributed by atoms with Crippen molar-refractivity contribution in [2.45, 2.75) is 6.04 Å². The van der Waals surface area contributed by atoms with Gasteiger partial charge in [0, 0.05) is 12.6 Å². The summed E-state index contributed by atoms with van der Waals surface area (Å²) < 4.78 is 4.61. The zero-order valence-corrected chi connectivity index (χ0v) is 15.8. The summed E-state index contributed by atoms with van der Waals surface area (Å²) in [6.07, 6.45) is 1.81. The number of amides is 3. The van der Waals surface area contributed by atoms with Crippen LogP contribution in [0.4, 0.5) is 10.5 Å². The minimum Gasteiger partial charge on any atom is -0.870 e. The van der Waals surface area contributed by atoms with E-state index < -0.39 is 12.1 Å². The Balaban J connectivity index is 1.72. The first-order chi connectivity index (χ1) is 14.0. The van der Waals surface area contributed by atoms with Gasteiger partial charge in [-0.3, -0.25) is 9.69 Å². The number of anilines is 1. The Morgan fingerprint density at radius 2 is 1.62 bits per heavy atom. The van der Waals surface area contributed by atoms with Crippen molar-refractivity contribution >= 4 is 35.1 Å². The lowest BCUT2D eigenvalue weighted by Gasteiger charge is -2.30. The number of nitrogens with zero attached hydrogens (tertiary/aromatic N) is 5. The maximum Gasteiger partial charge on any atom is 0.415 e. The van der Waals surface area contributed by atoms with Gasteiger partial charge in [0.1, 0.15) is 5.70 Å². The van der Waals surface area contributed by atoms with E-state index in [1.807, 2.05) is 36.5 Å². The average molecular weight is 387 g/mol. The van der Waals surface area contributed by atoms with Crippen molar-refractivity contribution in [2.24, 2.45) is 0 Å². The van der Waals surface area contributed by atoms with Gasteiger partial charge in [0.05, 0.1) is 18.9 Å². The van der Waals surface area contributed by atoms with E-state index in [9.17, 15) is 14.7 Å². The number of fused-ring (bicyclic) bond motifs is 3. The fourth-order valence-electron chi connectivity index (χ4n) is 3.84. The molecule has 1 fully saturated rings. The lowest BCUT2D eigenvalue weighted by Crippen LogP contribution is -2.62. The summed E-state index contributed by atoms with van der Waals surface area (Å²) in [6, 6.07) is 15.1. The molecule has 3 heterocycles. The van der Waals surface area contributed by atoms with Gasteiger partial charge < -0.3 is 5.11 Å². The fourth-order valence-corrected chi connectivity index (χ4v) is 3.84. The van der Waals surface area contributed by atoms with E-state index in [4.69, 9.17) is 0 Å². The van der Waals surface area contributed by atoms with Gasteiger partial charge >= 0.3 is 17.8 Å². The molecule has 0 aromatic heterocycles. The molecule has 29 heavy (non-hydrogen) atoms. The maximum absolute atomic E-state index is 12.9. The molecule has 2 aromatic carbocycles. The zero-order chi connectivity index (χ0) is 20.3. The van der Waals surface area contributed by atoms with Gasteiger partial charge in [0.25, 0.3) is 5.91 Å². The Kier molecular flexibility index (Phi) is 3.53. The van der Waals surface area contributed by atoms with Gasteiger partial charge in [-0.25, -0.2) is 24.2 Å². The molecule has 0 aliphatic carbocycles. The molecule has 3 aliphatic heterocycles. The van der Waals surface area contributed by atoms with Gasteiger partial charge in [-0.15, -0.1) is 0 Å². The van der Waals surface area contributed by atoms with Crippen LogP contribution in [-0.2, 0) is 4.79 Å². The van der Waals surface area contributed by atoms with Crippen molar-refractivity contribution in [3.8, 4) is 5.75 Å². The molecule has 0 bridgehead atoms. The van der Waals surface area contributed by atoms with Crippen molar-refractivity contribution in [2.75, 3.05) is 19.0 Å². The number of guanidine groups is 1. The standard InChI is InChI=1S/C21H17N5O3/c1-23-18-17(19(28)24(2)21(23)29)25-12-15(13-8-4-3-5-9-13)26(20(25)22-18)14-10-6-7-11-16(14)27/h3-12,17H,1-2H3. The molecular weight excluding hydrogens is 370 g/mol. The van der Waals surface area contributed by atoms with Crippen LogP contribution in [0.15, 0.2) is 60.8 Å². The molecule has 0 N–H and O–H groups in total. The zero-order valence-electron chi connectivity index (χ0n) is 15.8. The molecular formula is C21H17N5O3. The van der Waals surface area contributed by atoms with E-state index in [0.717, 1.165) is 16.2 Å². The number of hydrogen-bond acceptors (Lipinski definition) is 5. The number of imide groups is 1. The quantitative estimate of drug-likeness (QED) is 0.705. The van der Waals surface area contributed by atoms with Crippen LogP contribution in [0.25, 0.3) is 5.70 Å². The van der Waals surface area contributed by atoms with Gasteiger partial charge in [0.15, 0.2) is 0 Å². The van der Waals surface area contributed by atoms with E-state index in [2.05, 4.69) is 4.67 Å². The van der Waals surface area contributed by atoms with Crippen LogP contribution in [0.1, 0.15) is 5.56 Å². The highest BCUT2D eigenvalue weighted by Crippen LogP contribution is 2.38. The second-order valence-electron chi connectivity index (χ2n) is 7.00. The summed E-state index contributed by atoms with van der Waals surface area (Å²) in [4.78, 5) is 31.2. The molecule has 1 saturated heterocycles. The predicted molar refractivity (Wildman–Crippen MR) is 106 cm³/mol. The molecule has 3 amide bonds. The van der Waals surface area contributed by atoms with Gasteiger partial charge in [0.2, 0.25) is 6.04 Å². The maximum atomic E-state index is 12.9. The molecule has 3 aliphatic rings. The summed E-state index contributed by atoms with van der Waals surface area (Å²) in [6.45, 7) is 0. The van der Waals surface area contributed by atoms with Crippen molar-refractivity contribution in [3.63, 3.8) is 0 Å². The lowest BCUT2D eigenvalue weighted by molar-refractivity contribution is -0.267. The third-order valence-electron chi connectivity index (χ3n) is 5.33. The molecule has 0 radical (unpaired) electrons. The first kappa shape index (κ1) is 17.1. The Hall–Kier alpha value is -4.03. The summed E-state index contributed by atoms with van der Waals surface area (Å²) in [5.74, 6) is 0.259. The summed E-state index contributed by atoms with van der Waals surface area (Å²) in [7, 11) is 3.05. The lowest BCUT2D eigenvalue weighted by atomic mass is 10.1. The molecule has 1 atom stereocenters. The molecule has 8 nitrogen and oxygen atoms in total. The summed E-state index contributed by atoms with van der Waals surface area (Å²) >= 11 is 0. The van der Waals surface area contributed by atoms with Crippen LogP contribution in [0.5, 0.6) is 5.75 Å². The fraction of sp³-hybridized carbons (Fsp3) is 0.143. The SMILES string of the molecule is CN1C(=O)C2C(=[N+]=C3N(c4ccccc4[O-])C(c4ccccc4)=CN32)N(C)C1=O. The minimum absolute atomic E-state index is 0.161. The number of benzene rings is 2. The Morgan fingerprint density at radius 3 is 2.34 bits per heavy atom. The average Bonchev–Trinajstić information content (AvgIpc) is 3.28. The number of para-hydroxylation sites is 2. The number of urea groups is 1. The van der Waals surface area contributed by atoms with E-state index in [-0.39, 0.29) is 11.7 Å². The van der Waals surface area contributed by atoms with Gasteiger partial charge in [-0.2, -0.15) is 0 Å². The van der Waals surface area contributed by atoms with Crippen LogP contribution < -0.4 is 14.7 Å².